The number of nitrogens with one attached hydrogen (secondary N) is 2. The highest BCUT2D eigenvalue weighted by Crippen LogP contribution is 2.25. The molecule has 2 N–H and O–H groups in total. The molecule has 0 spiro atoms. The fraction of sp³-hybridized carbons (Fsp3) is 0.429. The Balaban J connectivity index is 1.75. The van der Waals surface area contributed by atoms with Crippen LogP contribution in [-0.2, 0) is 14.8 Å². The summed E-state index contributed by atoms with van der Waals surface area (Å²) in [6.45, 7) is 6.53. The topological polar surface area (TPSA) is 109 Å². The van der Waals surface area contributed by atoms with Crippen LogP contribution in [0.3, 0.4) is 0 Å². The van der Waals surface area contributed by atoms with Gasteiger partial charge in [0.25, 0.3) is 5.91 Å². The SMILES string of the molecule is COC(=O)c1c(C)[nH]c(C(=O)Nc2ccc(S(=O)(=O)N3CCC(C)CC3)cc2)c1C. The number of H-pyrrole nitrogens is 1. The van der Waals surface area contributed by atoms with E-state index in [4.69, 9.17) is 4.74 Å². The monoisotopic (exact) mass is 433 g/mol. The van der Waals surface area contributed by atoms with Crippen molar-refractivity contribution in [2.45, 2.75) is 38.5 Å². The summed E-state index contributed by atoms with van der Waals surface area (Å²) in [7, 11) is -2.26. The number of rotatable bonds is 5. The molecule has 30 heavy (non-hydrogen) atoms. The quantitative estimate of drug-likeness (QED) is 0.705. The summed E-state index contributed by atoms with van der Waals surface area (Å²) in [5.74, 6) is -0.401. The lowest BCUT2D eigenvalue weighted by Gasteiger charge is -2.29. The Bertz CT molecular complexity index is 1050. The maximum Gasteiger partial charge on any atom is 0.339 e. The molecule has 162 valence electrons. The second kappa shape index (κ2) is 8.61. The highest BCUT2D eigenvalue weighted by Gasteiger charge is 2.28. The third-order valence-corrected chi connectivity index (χ3v) is 7.46. The first kappa shape index (κ1) is 22.0. The summed E-state index contributed by atoms with van der Waals surface area (Å²) < 4.78 is 31.9. The Morgan fingerprint density at radius 1 is 1.13 bits per heavy atom. The van der Waals surface area contributed by atoms with Gasteiger partial charge in [0, 0.05) is 24.5 Å². The van der Waals surface area contributed by atoms with Crippen molar-refractivity contribution in [2.24, 2.45) is 5.92 Å². The van der Waals surface area contributed by atoms with Gasteiger partial charge < -0.3 is 15.0 Å². The fourth-order valence-corrected chi connectivity index (χ4v) is 5.13. The van der Waals surface area contributed by atoms with Crippen LogP contribution in [0.25, 0.3) is 0 Å². The second-order valence-electron chi connectivity index (χ2n) is 7.68. The van der Waals surface area contributed by atoms with Crippen molar-refractivity contribution in [3.05, 3.63) is 46.8 Å². The van der Waals surface area contributed by atoms with E-state index in [0.717, 1.165) is 12.8 Å². The number of carbonyl (C=O) groups is 2. The average Bonchev–Trinajstić information content (AvgIpc) is 3.02. The lowest BCUT2D eigenvalue weighted by atomic mass is 10.0. The van der Waals surface area contributed by atoms with E-state index >= 15 is 0 Å². The van der Waals surface area contributed by atoms with Crippen LogP contribution in [0, 0.1) is 19.8 Å². The number of esters is 1. The number of aryl methyl sites for hydroxylation is 1. The molecule has 0 unspecified atom stereocenters. The van der Waals surface area contributed by atoms with Crippen molar-refractivity contribution in [2.75, 3.05) is 25.5 Å². The van der Waals surface area contributed by atoms with Gasteiger partial charge >= 0.3 is 5.97 Å². The number of piperidine rings is 1. The Labute approximate surface area is 176 Å². The number of aromatic amines is 1. The number of sulfonamides is 1. The van der Waals surface area contributed by atoms with Crippen LogP contribution < -0.4 is 5.32 Å². The van der Waals surface area contributed by atoms with Crippen molar-refractivity contribution in [1.29, 1.82) is 0 Å². The molecule has 1 aliphatic rings. The van der Waals surface area contributed by atoms with Gasteiger partial charge in [-0.3, -0.25) is 4.79 Å². The van der Waals surface area contributed by atoms with Crippen molar-refractivity contribution >= 4 is 27.6 Å². The maximum absolute atomic E-state index is 12.8. The predicted octanol–water partition coefficient (Wildman–Crippen LogP) is 3.09. The molecule has 1 fully saturated rings. The number of carbonyl (C=O) groups excluding carboxylic acids is 2. The lowest BCUT2D eigenvalue weighted by Crippen LogP contribution is -2.37. The van der Waals surface area contributed by atoms with Crippen LogP contribution in [0.4, 0.5) is 5.69 Å². The van der Waals surface area contributed by atoms with E-state index < -0.39 is 21.9 Å². The van der Waals surface area contributed by atoms with E-state index in [1.807, 2.05) is 0 Å². The van der Waals surface area contributed by atoms with Gasteiger partial charge in [-0.15, -0.1) is 0 Å². The van der Waals surface area contributed by atoms with Gasteiger partial charge in [-0.1, -0.05) is 6.92 Å². The summed E-state index contributed by atoms with van der Waals surface area (Å²) in [5.41, 5.74) is 2.08. The van der Waals surface area contributed by atoms with E-state index in [9.17, 15) is 18.0 Å². The summed E-state index contributed by atoms with van der Waals surface area (Å²) >= 11 is 0. The Morgan fingerprint density at radius 2 is 1.73 bits per heavy atom. The minimum Gasteiger partial charge on any atom is -0.465 e. The number of methoxy groups -OCH3 is 1. The number of hydrogen-bond donors (Lipinski definition) is 2. The number of amides is 1. The normalized spacial score (nSPS) is 15.7. The third-order valence-electron chi connectivity index (χ3n) is 5.55. The number of hydrogen-bond acceptors (Lipinski definition) is 5. The van der Waals surface area contributed by atoms with E-state index in [1.165, 1.54) is 23.5 Å². The molecule has 1 aromatic carbocycles. The van der Waals surface area contributed by atoms with E-state index in [1.54, 1.807) is 26.0 Å². The molecular weight excluding hydrogens is 406 g/mol. The average molecular weight is 434 g/mol. The van der Waals surface area contributed by atoms with Crippen molar-refractivity contribution in [1.82, 2.24) is 9.29 Å². The van der Waals surface area contributed by atoms with Gasteiger partial charge in [0.05, 0.1) is 17.6 Å². The summed E-state index contributed by atoms with van der Waals surface area (Å²) in [6, 6.07) is 6.11. The summed E-state index contributed by atoms with van der Waals surface area (Å²) in [5, 5.41) is 2.73. The number of ether oxygens (including phenoxy) is 1. The molecule has 1 amide bonds. The molecule has 0 radical (unpaired) electrons. The van der Waals surface area contributed by atoms with Gasteiger partial charge in [0.15, 0.2) is 0 Å². The largest absolute Gasteiger partial charge is 0.465 e. The van der Waals surface area contributed by atoms with Crippen LogP contribution in [0.2, 0.25) is 0 Å². The van der Waals surface area contributed by atoms with Gasteiger partial charge in [-0.25, -0.2) is 13.2 Å². The zero-order valence-corrected chi connectivity index (χ0v) is 18.4. The number of anilines is 1. The Hall–Kier alpha value is -2.65. The molecule has 1 aromatic heterocycles. The molecule has 0 bridgehead atoms. The first-order valence-corrected chi connectivity index (χ1v) is 11.3. The Kier molecular flexibility index (Phi) is 6.33. The molecule has 8 nitrogen and oxygen atoms in total. The van der Waals surface area contributed by atoms with Gasteiger partial charge in [-0.05, 0) is 62.4 Å². The molecule has 3 rings (SSSR count). The molecule has 1 saturated heterocycles. The van der Waals surface area contributed by atoms with Crippen LogP contribution in [0.1, 0.15) is 51.9 Å². The standard InChI is InChI=1S/C21H27N3O5S/c1-13-9-11-24(12-10-13)30(27,28)17-7-5-16(6-8-17)23-20(25)19-14(2)18(15(3)22-19)21(26)29-4/h5-8,13,22H,9-12H2,1-4H3,(H,23,25). The first-order chi connectivity index (χ1) is 14.1. The van der Waals surface area contributed by atoms with Gasteiger partial charge in [0.2, 0.25) is 10.0 Å². The number of benzene rings is 1. The third kappa shape index (κ3) is 4.27. The first-order valence-electron chi connectivity index (χ1n) is 9.84. The van der Waals surface area contributed by atoms with Crippen molar-refractivity contribution < 1.29 is 22.7 Å². The summed E-state index contributed by atoms with van der Waals surface area (Å²) in [6.07, 6.45) is 1.71. The molecule has 0 saturated carbocycles. The molecule has 1 aliphatic heterocycles. The second-order valence-corrected chi connectivity index (χ2v) is 9.62. The smallest absolute Gasteiger partial charge is 0.339 e. The zero-order chi connectivity index (χ0) is 22.1. The highest BCUT2D eigenvalue weighted by atomic mass is 32.2. The fourth-order valence-electron chi connectivity index (χ4n) is 3.66. The molecule has 0 atom stereocenters. The number of aromatic nitrogens is 1. The van der Waals surface area contributed by atoms with Crippen LogP contribution in [0.15, 0.2) is 29.2 Å². The molecule has 9 heteroatoms. The summed E-state index contributed by atoms with van der Waals surface area (Å²) in [4.78, 5) is 27.7. The van der Waals surface area contributed by atoms with Gasteiger partial charge in [-0.2, -0.15) is 4.31 Å². The molecular formula is C21H27N3O5S. The van der Waals surface area contributed by atoms with E-state index in [2.05, 4.69) is 17.2 Å². The van der Waals surface area contributed by atoms with Crippen LogP contribution >= 0.6 is 0 Å². The van der Waals surface area contributed by atoms with Gasteiger partial charge in [0.1, 0.15) is 5.69 Å². The van der Waals surface area contributed by atoms with E-state index in [-0.39, 0.29) is 10.6 Å². The Morgan fingerprint density at radius 3 is 2.30 bits per heavy atom. The van der Waals surface area contributed by atoms with Crippen LogP contribution in [-0.4, -0.2) is 49.8 Å². The maximum atomic E-state index is 12.8. The predicted molar refractivity (Wildman–Crippen MR) is 113 cm³/mol. The molecule has 2 heterocycles. The molecule has 2 aromatic rings. The highest BCUT2D eigenvalue weighted by molar-refractivity contribution is 7.89. The van der Waals surface area contributed by atoms with Crippen molar-refractivity contribution in [3.8, 4) is 0 Å². The molecule has 0 aliphatic carbocycles. The van der Waals surface area contributed by atoms with E-state index in [0.29, 0.717) is 41.5 Å². The van der Waals surface area contributed by atoms with Crippen molar-refractivity contribution in [3.63, 3.8) is 0 Å². The minimum atomic E-state index is -3.54. The zero-order valence-electron chi connectivity index (χ0n) is 17.6. The number of nitrogens with zero attached hydrogens (tertiary/aromatic N) is 1. The minimum absolute atomic E-state index is 0.204. The van der Waals surface area contributed by atoms with Crippen LogP contribution in [0.5, 0.6) is 0 Å². The lowest BCUT2D eigenvalue weighted by molar-refractivity contribution is 0.0599.